The monoisotopic (exact) mass is 520 g/mol. The third kappa shape index (κ3) is 7.58. The number of carbonyl (C=O) groups is 1. The van der Waals surface area contributed by atoms with Gasteiger partial charge in [-0.2, -0.15) is 5.10 Å². The second-order valence-corrected chi connectivity index (χ2v) is 9.52. The molecule has 2 aromatic carbocycles. The molecule has 0 unspecified atom stereocenters. The molecule has 1 aliphatic heterocycles. The van der Waals surface area contributed by atoms with Crippen LogP contribution >= 0.6 is 0 Å². The van der Waals surface area contributed by atoms with Crippen LogP contribution in [0.25, 0.3) is 16.8 Å². The number of rotatable bonds is 15. The maximum atomic E-state index is 11.7. The molecule has 38 heavy (non-hydrogen) atoms. The highest BCUT2D eigenvalue weighted by molar-refractivity contribution is 5.88. The summed E-state index contributed by atoms with van der Waals surface area (Å²) < 4.78 is 18.9. The Hall–Kier alpha value is -3.36. The lowest BCUT2D eigenvalue weighted by atomic mass is 10.0. The first kappa shape index (κ1) is 27.7. The van der Waals surface area contributed by atoms with Crippen molar-refractivity contribution in [1.82, 2.24) is 14.7 Å². The second kappa shape index (κ2) is 14.5. The van der Waals surface area contributed by atoms with Crippen LogP contribution in [0.4, 0.5) is 0 Å². The molecule has 3 aromatic rings. The Morgan fingerprint density at radius 2 is 1.68 bits per heavy atom. The van der Waals surface area contributed by atoms with E-state index >= 15 is 0 Å². The number of benzene rings is 2. The average Bonchev–Trinajstić information content (AvgIpc) is 3.38. The number of para-hydroxylation sites is 1. The first-order valence-corrected chi connectivity index (χ1v) is 13.7. The van der Waals surface area contributed by atoms with Gasteiger partial charge in [-0.25, -0.2) is 4.68 Å². The molecular formula is C30H38N3O5-. The first-order chi connectivity index (χ1) is 18.7. The highest BCUT2D eigenvalue weighted by Gasteiger charge is 2.17. The van der Waals surface area contributed by atoms with E-state index in [0.29, 0.717) is 38.7 Å². The van der Waals surface area contributed by atoms with Crippen LogP contribution in [0, 0.1) is 0 Å². The summed E-state index contributed by atoms with van der Waals surface area (Å²) in [5.41, 5.74) is 2.66. The van der Waals surface area contributed by atoms with Gasteiger partial charge in [-0.1, -0.05) is 69.4 Å². The van der Waals surface area contributed by atoms with Crippen LogP contribution in [0.3, 0.4) is 0 Å². The molecule has 0 spiro atoms. The zero-order chi connectivity index (χ0) is 26.6. The number of carboxylic acids is 1. The van der Waals surface area contributed by atoms with E-state index in [1.165, 1.54) is 43.0 Å². The van der Waals surface area contributed by atoms with Gasteiger partial charge in [0.05, 0.1) is 43.2 Å². The number of aromatic carboxylic acids is 1. The summed E-state index contributed by atoms with van der Waals surface area (Å²) in [4.78, 5) is 13.9. The molecule has 4 rings (SSSR count). The summed E-state index contributed by atoms with van der Waals surface area (Å²) in [5.74, 6) is -0.279. The average molecular weight is 521 g/mol. The van der Waals surface area contributed by atoms with E-state index < -0.39 is 5.97 Å². The number of unbranched alkanes of at least 4 members (excludes halogenated alkanes) is 5. The Balaban J connectivity index is 1.42. The molecule has 0 bridgehead atoms. The van der Waals surface area contributed by atoms with Crippen molar-refractivity contribution >= 4 is 5.97 Å². The van der Waals surface area contributed by atoms with Gasteiger partial charge in [-0.3, -0.25) is 4.90 Å². The largest absolute Gasteiger partial charge is 0.545 e. The molecule has 204 valence electrons. The maximum absolute atomic E-state index is 11.7. The van der Waals surface area contributed by atoms with Crippen molar-refractivity contribution in [1.29, 1.82) is 0 Å². The topological polar surface area (TPSA) is 88.9 Å². The zero-order valence-electron chi connectivity index (χ0n) is 22.3. The number of carbonyl (C=O) groups excluding carboxylic acids is 1. The lowest BCUT2D eigenvalue weighted by Crippen LogP contribution is -2.38. The van der Waals surface area contributed by atoms with E-state index in [1.807, 2.05) is 48.5 Å². The fourth-order valence-corrected chi connectivity index (χ4v) is 4.57. The molecule has 8 heteroatoms. The number of hydrogen-bond donors (Lipinski definition) is 0. The van der Waals surface area contributed by atoms with Gasteiger partial charge >= 0.3 is 0 Å². The van der Waals surface area contributed by atoms with Gasteiger partial charge in [-0.15, -0.1) is 0 Å². The van der Waals surface area contributed by atoms with Gasteiger partial charge in [-0.05, 0) is 30.2 Å². The predicted molar refractivity (Wildman–Crippen MR) is 145 cm³/mol. The summed E-state index contributed by atoms with van der Waals surface area (Å²) in [6.45, 7) is 7.01. The molecule has 8 nitrogen and oxygen atoms in total. The number of nitrogens with zero attached hydrogens (tertiary/aromatic N) is 3. The standard InChI is InChI=1S/C30H39N3O5/c1-2-3-4-5-6-9-19-37-28-11-8-7-10-26(28)24-12-14-25(15-13-24)33-29(27(23-31-33)30(34)35)38-22-18-32-16-20-36-21-17-32/h7-8,10-15,23H,2-6,9,16-22H2,1H3,(H,34,35)/p-1. The Kier molecular flexibility index (Phi) is 10.6. The minimum Gasteiger partial charge on any atom is -0.545 e. The molecule has 1 aromatic heterocycles. The Bertz CT molecular complexity index is 1140. The smallest absolute Gasteiger partial charge is 0.226 e. The fourth-order valence-electron chi connectivity index (χ4n) is 4.57. The molecule has 0 atom stereocenters. The first-order valence-electron chi connectivity index (χ1n) is 13.7. The molecule has 0 saturated carbocycles. The van der Waals surface area contributed by atoms with Crippen LogP contribution in [-0.4, -0.2) is 66.7 Å². The van der Waals surface area contributed by atoms with Gasteiger partial charge < -0.3 is 24.1 Å². The van der Waals surface area contributed by atoms with Gasteiger partial charge in [0.25, 0.3) is 0 Å². The van der Waals surface area contributed by atoms with Gasteiger partial charge in [0.2, 0.25) is 5.88 Å². The maximum Gasteiger partial charge on any atom is 0.226 e. The van der Waals surface area contributed by atoms with Crippen LogP contribution in [0.1, 0.15) is 55.8 Å². The van der Waals surface area contributed by atoms with Gasteiger partial charge in [0.1, 0.15) is 12.4 Å². The van der Waals surface area contributed by atoms with Crippen LogP contribution in [-0.2, 0) is 4.74 Å². The minimum absolute atomic E-state index is 0.0653. The van der Waals surface area contributed by atoms with E-state index in [4.69, 9.17) is 14.2 Å². The number of carboxylic acid groups (broad SMARTS) is 1. The van der Waals surface area contributed by atoms with Crippen molar-refractivity contribution in [2.24, 2.45) is 0 Å². The summed E-state index contributed by atoms with van der Waals surface area (Å²) in [5, 5.41) is 16.0. The van der Waals surface area contributed by atoms with E-state index in [1.54, 1.807) is 0 Å². The van der Waals surface area contributed by atoms with Gasteiger partial charge in [0.15, 0.2) is 0 Å². The SMILES string of the molecule is CCCCCCCCOc1ccccc1-c1ccc(-n2ncc(C(=O)[O-])c2OCCN2CCOCC2)cc1. The van der Waals surface area contributed by atoms with E-state index in [2.05, 4.69) is 16.9 Å². The molecule has 0 N–H and O–H groups in total. The van der Waals surface area contributed by atoms with E-state index in [9.17, 15) is 9.90 Å². The van der Waals surface area contributed by atoms with Gasteiger partial charge in [0, 0.05) is 25.2 Å². The quantitative estimate of drug-likeness (QED) is 0.275. The molecule has 1 saturated heterocycles. The van der Waals surface area contributed by atoms with Crippen LogP contribution in [0.5, 0.6) is 11.6 Å². The molecule has 1 fully saturated rings. The van der Waals surface area contributed by atoms with Crippen molar-refractivity contribution in [3.63, 3.8) is 0 Å². The third-order valence-corrected chi connectivity index (χ3v) is 6.76. The summed E-state index contributed by atoms with van der Waals surface area (Å²) in [6.07, 6.45) is 8.61. The zero-order valence-corrected chi connectivity index (χ0v) is 22.3. The van der Waals surface area contributed by atoms with Crippen molar-refractivity contribution in [2.45, 2.75) is 45.4 Å². The second-order valence-electron chi connectivity index (χ2n) is 9.52. The summed E-state index contributed by atoms with van der Waals surface area (Å²) >= 11 is 0. The highest BCUT2D eigenvalue weighted by atomic mass is 16.5. The van der Waals surface area contributed by atoms with Crippen molar-refractivity contribution < 1.29 is 24.1 Å². The van der Waals surface area contributed by atoms with Crippen LogP contribution in [0.2, 0.25) is 0 Å². The predicted octanol–water partition coefficient (Wildman–Crippen LogP) is 4.35. The number of hydrogen-bond acceptors (Lipinski definition) is 7. The molecule has 1 aliphatic rings. The number of ether oxygens (including phenoxy) is 3. The molecular weight excluding hydrogens is 482 g/mol. The van der Waals surface area contributed by atoms with E-state index in [0.717, 1.165) is 36.4 Å². The van der Waals surface area contributed by atoms with Crippen LogP contribution < -0.4 is 14.6 Å². The minimum atomic E-state index is -1.31. The lowest BCUT2D eigenvalue weighted by Gasteiger charge is -2.26. The Labute approximate surface area is 225 Å². The number of morpholine rings is 1. The summed E-state index contributed by atoms with van der Waals surface area (Å²) in [7, 11) is 0. The highest BCUT2D eigenvalue weighted by Crippen LogP contribution is 2.31. The molecule has 0 aliphatic carbocycles. The summed E-state index contributed by atoms with van der Waals surface area (Å²) in [6, 6.07) is 15.8. The van der Waals surface area contributed by atoms with E-state index in [-0.39, 0.29) is 11.4 Å². The van der Waals surface area contributed by atoms with Crippen molar-refractivity contribution in [2.75, 3.05) is 46.1 Å². The number of aromatic nitrogens is 2. The molecule has 0 amide bonds. The molecule has 2 heterocycles. The van der Waals surface area contributed by atoms with Crippen molar-refractivity contribution in [3.05, 3.63) is 60.3 Å². The Morgan fingerprint density at radius 3 is 2.45 bits per heavy atom. The third-order valence-electron chi connectivity index (χ3n) is 6.76. The fraction of sp³-hybridized carbons (Fsp3) is 0.467. The van der Waals surface area contributed by atoms with Crippen LogP contribution in [0.15, 0.2) is 54.7 Å². The Morgan fingerprint density at radius 1 is 0.947 bits per heavy atom. The molecule has 0 radical (unpaired) electrons. The lowest BCUT2D eigenvalue weighted by molar-refractivity contribution is -0.255. The normalized spacial score (nSPS) is 13.9. The van der Waals surface area contributed by atoms with Crippen molar-refractivity contribution in [3.8, 4) is 28.4 Å².